The maximum absolute atomic E-state index is 12.2. The van der Waals surface area contributed by atoms with E-state index in [0.717, 1.165) is 27.0 Å². The van der Waals surface area contributed by atoms with Crippen LogP contribution in [0.2, 0.25) is 0 Å². The van der Waals surface area contributed by atoms with Crippen molar-refractivity contribution in [1.82, 2.24) is 5.32 Å². The molecule has 0 saturated carbocycles. The third kappa shape index (κ3) is 3.23. The van der Waals surface area contributed by atoms with Gasteiger partial charge in [-0.05, 0) is 27.1 Å². The van der Waals surface area contributed by atoms with Gasteiger partial charge in [0.05, 0.1) is 6.04 Å². The molecular weight excluding hydrogens is 362 g/mol. The Kier molecular flexibility index (Phi) is 4.77. The number of benzene rings is 2. The molecule has 2 N–H and O–H groups in total. The first-order valence-electron chi connectivity index (χ1n) is 9.77. The van der Waals surface area contributed by atoms with E-state index in [4.69, 9.17) is 4.74 Å². The van der Waals surface area contributed by atoms with Crippen LogP contribution in [0.5, 0.6) is 0 Å². The van der Waals surface area contributed by atoms with Crippen LogP contribution in [0.15, 0.2) is 95.5 Å². The van der Waals surface area contributed by atoms with Crippen LogP contribution in [-0.2, 0) is 4.74 Å². The lowest BCUT2D eigenvalue weighted by Gasteiger charge is -2.29. The summed E-state index contributed by atoms with van der Waals surface area (Å²) in [6.07, 6.45) is 6.10. The van der Waals surface area contributed by atoms with E-state index in [2.05, 4.69) is 26.1 Å². The standard InChI is InChI=1S/C24H27NO2Si/c1-24(2,3)22-17-27-23(25-22)20-15-10-16-21(20)28(26,18-11-6-4-7-12-18)19-13-8-5-9-14-19/h4-16,22,25-26H,17H2,1-3H3/b23-20+/t22-/m1/s1. The molecule has 1 saturated heterocycles. The molecule has 0 aromatic heterocycles. The zero-order valence-electron chi connectivity index (χ0n) is 16.6. The summed E-state index contributed by atoms with van der Waals surface area (Å²) in [5, 5.41) is 6.46. The first-order valence-corrected chi connectivity index (χ1v) is 11.7. The van der Waals surface area contributed by atoms with Crippen molar-refractivity contribution in [3.8, 4) is 0 Å². The number of ether oxygens (including phenoxy) is 1. The topological polar surface area (TPSA) is 41.5 Å². The van der Waals surface area contributed by atoms with Crippen molar-refractivity contribution < 1.29 is 9.53 Å². The molecule has 0 amide bonds. The van der Waals surface area contributed by atoms with Crippen LogP contribution in [0.3, 0.4) is 0 Å². The van der Waals surface area contributed by atoms with E-state index >= 15 is 0 Å². The Labute approximate surface area is 168 Å². The molecule has 0 bridgehead atoms. The van der Waals surface area contributed by atoms with E-state index in [1.54, 1.807) is 0 Å². The Bertz CT molecular complexity index is 900. The predicted octanol–water partition coefficient (Wildman–Crippen LogP) is 3.02. The Morgan fingerprint density at radius 3 is 2.04 bits per heavy atom. The zero-order valence-corrected chi connectivity index (χ0v) is 17.6. The predicted molar refractivity (Wildman–Crippen MR) is 117 cm³/mol. The van der Waals surface area contributed by atoms with Gasteiger partial charge in [-0.15, -0.1) is 0 Å². The van der Waals surface area contributed by atoms with Crippen molar-refractivity contribution in [2.45, 2.75) is 26.8 Å². The van der Waals surface area contributed by atoms with Gasteiger partial charge < -0.3 is 14.8 Å². The molecule has 144 valence electrons. The summed E-state index contributed by atoms with van der Waals surface area (Å²) in [5.41, 5.74) is 1.06. The minimum Gasteiger partial charge on any atom is -0.477 e. The highest BCUT2D eigenvalue weighted by Crippen LogP contribution is 2.33. The van der Waals surface area contributed by atoms with Crippen LogP contribution in [0, 0.1) is 5.41 Å². The van der Waals surface area contributed by atoms with Gasteiger partial charge in [-0.2, -0.15) is 0 Å². The molecule has 2 aromatic rings. The summed E-state index contributed by atoms with van der Waals surface area (Å²) in [5.74, 6) is 0.776. The van der Waals surface area contributed by atoms with Crippen molar-refractivity contribution in [2.24, 2.45) is 5.41 Å². The largest absolute Gasteiger partial charge is 0.477 e. The van der Waals surface area contributed by atoms with E-state index in [0.29, 0.717) is 6.61 Å². The first kappa shape index (κ1) is 18.8. The van der Waals surface area contributed by atoms with Crippen LogP contribution in [0.25, 0.3) is 0 Å². The summed E-state index contributed by atoms with van der Waals surface area (Å²) in [4.78, 5) is 12.2. The minimum absolute atomic E-state index is 0.0983. The molecule has 1 aliphatic carbocycles. The Hall–Kier alpha value is -2.56. The lowest BCUT2D eigenvalue weighted by molar-refractivity contribution is 0.214. The fourth-order valence-electron chi connectivity index (χ4n) is 3.80. The Balaban J connectivity index is 1.81. The third-order valence-corrected chi connectivity index (χ3v) is 9.13. The van der Waals surface area contributed by atoms with Gasteiger partial charge in [0, 0.05) is 5.57 Å². The Morgan fingerprint density at radius 1 is 0.964 bits per heavy atom. The van der Waals surface area contributed by atoms with Crippen molar-refractivity contribution in [2.75, 3.05) is 6.61 Å². The maximum Gasteiger partial charge on any atom is 0.286 e. The maximum atomic E-state index is 12.2. The van der Waals surface area contributed by atoms with Gasteiger partial charge in [0.25, 0.3) is 8.32 Å². The van der Waals surface area contributed by atoms with Gasteiger partial charge in [-0.3, -0.25) is 0 Å². The second-order valence-electron chi connectivity index (χ2n) is 8.50. The van der Waals surface area contributed by atoms with E-state index in [1.165, 1.54) is 0 Å². The molecule has 4 heteroatoms. The molecule has 1 aliphatic heterocycles. The minimum atomic E-state index is -3.15. The van der Waals surface area contributed by atoms with Crippen LogP contribution in [0.4, 0.5) is 0 Å². The van der Waals surface area contributed by atoms with E-state index in [1.807, 2.05) is 78.9 Å². The van der Waals surface area contributed by atoms with Gasteiger partial charge in [0.15, 0.2) is 5.88 Å². The van der Waals surface area contributed by atoms with Crippen molar-refractivity contribution in [3.05, 3.63) is 95.5 Å². The molecule has 2 aliphatic rings. The van der Waals surface area contributed by atoms with Crippen LogP contribution < -0.4 is 15.7 Å². The molecule has 0 radical (unpaired) electrons. The van der Waals surface area contributed by atoms with Crippen molar-refractivity contribution >= 4 is 18.7 Å². The average molecular weight is 390 g/mol. The zero-order chi connectivity index (χ0) is 19.8. The third-order valence-electron chi connectivity index (χ3n) is 5.58. The quantitative estimate of drug-likeness (QED) is 0.793. The SMILES string of the molecule is CC(C)(C)[C@H]1CO/C(=C2\C=CC=C2[Si](O)(c2ccccc2)c2ccccc2)N1. The average Bonchev–Trinajstić information content (AvgIpc) is 3.38. The van der Waals surface area contributed by atoms with E-state index in [-0.39, 0.29) is 11.5 Å². The normalized spacial score (nSPS) is 22.0. The fourth-order valence-corrected chi connectivity index (χ4v) is 7.03. The lowest BCUT2D eigenvalue weighted by Crippen LogP contribution is -2.60. The summed E-state index contributed by atoms with van der Waals surface area (Å²) < 4.78 is 6.06. The van der Waals surface area contributed by atoms with Crippen molar-refractivity contribution in [3.63, 3.8) is 0 Å². The molecule has 3 nitrogen and oxygen atoms in total. The van der Waals surface area contributed by atoms with Gasteiger partial charge in [-0.1, -0.05) is 93.6 Å². The van der Waals surface area contributed by atoms with Crippen molar-refractivity contribution in [1.29, 1.82) is 0 Å². The van der Waals surface area contributed by atoms with Crippen LogP contribution >= 0.6 is 0 Å². The second kappa shape index (κ2) is 7.11. The molecule has 28 heavy (non-hydrogen) atoms. The summed E-state index contributed by atoms with van der Waals surface area (Å²) in [7, 11) is -3.15. The lowest BCUT2D eigenvalue weighted by atomic mass is 9.88. The molecule has 4 rings (SSSR count). The van der Waals surface area contributed by atoms with Gasteiger partial charge in [0.1, 0.15) is 6.61 Å². The smallest absolute Gasteiger partial charge is 0.286 e. The summed E-state index contributed by atoms with van der Waals surface area (Å²) in [6, 6.07) is 20.3. The molecule has 2 aromatic carbocycles. The van der Waals surface area contributed by atoms with E-state index in [9.17, 15) is 4.80 Å². The highest BCUT2D eigenvalue weighted by atomic mass is 28.4. The highest BCUT2D eigenvalue weighted by molar-refractivity contribution is 7.02. The highest BCUT2D eigenvalue weighted by Gasteiger charge is 2.44. The van der Waals surface area contributed by atoms with Gasteiger partial charge in [0.2, 0.25) is 0 Å². The molecule has 1 fully saturated rings. The monoisotopic (exact) mass is 389 g/mol. The number of nitrogens with one attached hydrogen (secondary N) is 1. The second-order valence-corrected chi connectivity index (χ2v) is 11.6. The molecule has 1 heterocycles. The number of hydrogen-bond acceptors (Lipinski definition) is 3. The van der Waals surface area contributed by atoms with Crippen LogP contribution in [0.1, 0.15) is 20.8 Å². The number of rotatable bonds is 3. The van der Waals surface area contributed by atoms with Gasteiger partial charge in [-0.25, -0.2) is 0 Å². The molecule has 1 atom stereocenters. The fraction of sp³-hybridized carbons (Fsp3) is 0.250. The van der Waals surface area contributed by atoms with E-state index < -0.39 is 8.32 Å². The molecular formula is C24H27NO2Si. The Morgan fingerprint density at radius 2 is 1.54 bits per heavy atom. The summed E-state index contributed by atoms with van der Waals surface area (Å²) >= 11 is 0. The number of allylic oxidation sites excluding steroid dienone is 5. The molecule has 0 unspecified atom stereocenters. The number of hydrogen-bond donors (Lipinski definition) is 2. The van der Waals surface area contributed by atoms with Gasteiger partial charge >= 0.3 is 0 Å². The molecule has 0 spiro atoms. The summed E-state index contributed by atoms with van der Waals surface area (Å²) in [6.45, 7) is 7.27. The first-order chi connectivity index (χ1) is 13.4. The van der Waals surface area contributed by atoms with Crippen LogP contribution in [-0.4, -0.2) is 25.8 Å².